The van der Waals surface area contributed by atoms with Gasteiger partial charge in [-0.05, 0) is 84.4 Å². The van der Waals surface area contributed by atoms with Gasteiger partial charge in [0.1, 0.15) is 5.82 Å². The largest absolute Gasteiger partial charge is 0.335 e. The van der Waals surface area contributed by atoms with Crippen LogP contribution in [0.1, 0.15) is 44.1 Å². The average Bonchev–Trinajstić information content (AvgIpc) is 3.29. The summed E-state index contributed by atoms with van der Waals surface area (Å²) in [5.74, 6) is 0.450. The number of likely N-dealkylation sites (tertiary alicyclic amines) is 1. The van der Waals surface area contributed by atoms with Crippen molar-refractivity contribution in [3.63, 3.8) is 0 Å². The maximum absolute atomic E-state index is 13.2. The Labute approximate surface area is 204 Å². The lowest BCUT2D eigenvalue weighted by atomic mass is 9.64. The van der Waals surface area contributed by atoms with Crippen LogP contribution >= 0.6 is 0 Å². The molecule has 5 rings (SSSR count). The molecule has 1 atom stereocenters. The van der Waals surface area contributed by atoms with Gasteiger partial charge in [0.15, 0.2) is 5.82 Å². The molecule has 2 aliphatic rings. The van der Waals surface area contributed by atoms with Crippen LogP contribution in [-0.2, 0) is 13.6 Å². The molecule has 1 aliphatic carbocycles. The van der Waals surface area contributed by atoms with E-state index in [1.807, 2.05) is 36.4 Å². The normalized spacial score (nSPS) is 20.0. The minimum atomic E-state index is -0.196. The van der Waals surface area contributed by atoms with E-state index >= 15 is 0 Å². The van der Waals surface area contributed by atoms with Gasteiger partial charge in [-0.15, -0.1) is 5.10 Å². The van der Waals surface area contributed by atoms with Crippen LogP contribution in [0.15, 0.2) is 48.5 Å². The van der Waals surface area contributed by atoms with Gasteiger partial charge in [-0.25, -0.2) is 13.9 Å². The fraction of sp³-hybridized carbons (Fsp3) is 0.462. The van der Waals surface area contributed by atoms with Crippen molar-refractivity contribution in [3.05, 3.63) is 59.9 Å². The molecule has 1 aliphatic heterocycles. The van der Waals surface area contributed by atoms with E-state index in [0.717, 1.165) is 62.9 Å². The molecule has 0 bridgehead atoms. The molecule has 8 nitrogen and oxygen atoms in total. The molecule has 184 valence electrons. The number of aromatic nitrogens is 4. The van der Waals surface area contributed by atoms with E-state index in [9.17, 15) is 9.18 Å². The lowest BCUT2D eigenvalue weighted by Crippen LogP contribution is -2.55. The number of halogens is 1. The zero-order valence-electron chi connectivity index (χ0n) is 20.1. The number of anilines is 1. The Bertz CT molecular complexity index is 1150. The number of hydrogen-bond acceptors (Lipinski definition) is 5. The SMILES string of the molecule is Cn1nnnc1-c1cccc(NC(=O)NC2CCCCC23CCN(Cc2ccc(F)cc2)CC3)c1. The zero-order chi connectivity index (χ0) is 24.3. The summed E-state index contributed by atoms with van der Waals surface area (Å²) < 4.78 is 14.8. The van der Waals surface area contributed by atoms with Crippen molar-refractivity contribution in [3.8, 4) is 11.4 Å². The lowest BCUT2D eigenvalue weighted by molar-refractivity contribution is 0.0366. The first kappa shape index (κ1) is 23.4. The fourth-order valence-corrected chi connectivity index (χ4v) is 5.67. The highest BCUT2D eigenvalue weighted by molar-refractivity contribution is 5.90. The first-order valence-corrected chi connectivity index (χ1v) is 12.4. The minimum Gasteiger partial charge on any atom is -0.335 e. The fourth-order valence-electron chi connectivity index (χ4n) is 5.67. The third-order valence-electron chi connectivity index (χ3n) is 7.63. The molecule has 2 heterocycles. The van der Waals surface area contributed by atoms with Gasteiger partial charge >= 0.3 is 6.03 Å². The summed E-state index contributed by atoms with van der Waals surface area (Å²) in [6.45, 7) is 2.82. The molecule has 2 fully saturated rings. The van der Waals surface area contributed by atoms with Crippen LogP contribution in [0, 0.1) is 11.2 Å². The van der Waals surface area contributed by atoms with Gasteiger partial charge in [0.25, 0.3) is 0 Å². The Kier molecular flexibility index (Phi) is 6.77. The number of carbonyl (C=O) groups excluding carboxylic acids is 1. The smallest absolute Gasteiger partial charge is 0.319 e. The standard InChI is InChI=1S/C26H32FN7O/c1-33-24(30-31-32-33)20-5-4-6-22(17-20)28-25(35)29-23-7-2-3-12-26(23)13-15-34(16-14-26)18-19-8-10-21(27)11-9-19/h4-6,8-11,17,23H,2-3,7,12-16,18H2,1H3,(H2,28,29,35). The lowest BCUT2D eigenvalue weighted by Gasteiger charge is -2.49. The molecule has 1 aromatic heterocycles. The van der Waals surface area contributed by atoms with Gasteiger partial charge in [0, 0.05) is 30.9 Å². The minimum absolute atomic E-state index is 0.140. The highest BCUT2D eigenvalue weighted by Crippen LogP contribution is 2.45. The van der Waals surface area contributed by atoms with E-state index in [1.54, 1.807) is 11.7 Å². The van der Waals surface area contributed by atoms with Crippen molar-refractivity contribution in [2.75, 3.05) is 18.4 Å². The number of hydrogen-bond donors (Lipinski definition) is 2. The van der Waals surface area contributed by atoms with E-state index < -0.39 is 0 Å². The van der Waals surface area contributed by atoms with Gasteiger partial charge in [0.2, 0.25) is 0 Å². The van der Waals surface area contributed by atoms with E-state index in [4.69, 9.17) is 0 Å². The average molecular weight is 478 g/mol. The van der Waals surface area contributed by atoms with E-state index in [2.05, 4.69) is 31.1 Å². The van der Waals surface area contributed by atoms with E-state index in [0.29, 0.717) is 11.5 Å². The van der Waals surface area contributed by atoms with Crippen LogP contribution in [-0.4, -0.2) is 50.3 Å². The molecular formula is C26H32FN7O. The van der Waals surface area contributed by atoms with Gasteiger partial charge in [-0.3, -0.25) is 4.90 Å². The number of tetrazole rings is 1. The number of benzene rings is 2. The zero-order valence-corrected chi connectivity index (χ0v) is 20.1. The topological polar surface area (TPSA) is 88.0 Å². The maximum Gasteiger partial charge on any atom is 0.319 e. The number of carbonyl (C=O) groups is 1. The molecule has 9 heteroatoms. The molecule has 2 N–H and O–H groups in total. The summed E-state index contributed by atoms with van der Waals surface area (Å²) in [6.07, 6.45) is 6.64. The van der Waals surface area contributed by atoms with Gasteiger partial charge in [-0.2, -0.15) is 0 Å². The molecule has 2 aromatic carbocycles. The van der Waals surface area contributed by atoms with Crippen LogP contribution in [0.4, 0.5) is 14.9 Å². The van der Waals surface area contributed by atoms with Gasteiger partial charge in [0.05, 0.1) is 0 Å². The Morgan fingerprint density at radius 3 is 2.66 bits per heavy atom. The predicted octanol–water partition coefficient (Wildman–Crippen LogP) is 4.36. The Morgan fingerprint density at radius 1 is 1.11 bits per heavy atom. The number of rotatable bonds is 5. The van der Waals surface area contributed by atoms with Crippen LogP contribution in [0.2, 0.25) is 0 Å². The quantitative estimate of drug-likeness (QED) is 0.570. The molecule has 1 unspecified atom stereocenters. The molecular weight excluding hydrogens is 445 g/mol. The Hall–Kier alpha value is -3.33. The third-order valence-corrected chi connectivity index (χ3v) is 7.63. The second-order valence-electron chi connectivity index (χ2n) is 9.87. The second kappa shape index (κ2) is 10.1. The van der Waals surface area contributed by atoms with Crippen LogP contribution in [0.25, 0.3) is 11.4 Å². The number of nitrogens with one attached hydrogen (secondary N) is 2. The molecule has 1 saturated carbocycles. The number of urea groups is 1. The van der Waals surface area contributed by atoms with Crippen molar-refractivity contribution in [2.24, 2.45) is 12.5 Å². The van der Waals surface area contributed by atoms with Crippen LogP contribution in [0.3, 0.4) is 0 Å². The third kappa shape index (κ3) is 5.35. The first-order chi connectivity index (χ1) is 17.0. The highest BCUT2D eigenvalue weighted by Gasteiger charge is 2.43. The number of nitrogens with zero attached hydrogens (tertiary/aromatic N) is 5. The summed E-state index contributed by atoms with van der Waals surface area (Å²) in [5.41, 5.74) is 2.83. The van der Waals surface area contributed by atoms with Crippen molar-refractivity contribution < 1.29 is 9.18 Å². The number of aryl methyl sites for hydroxylation is 1. The highest BCUT2D eigenvalue weighted by atomic mass is 19.1. The summed E-state index contributed by atoms with van der Waals surface area (Å²) >= 11 is 0. The van der Waals surface area contributed by atoms with Gasteiger partial charge < -0.3 is 10.6 Å². The van der Waals surface area contributed by atoms with E-state index in [-0.39, 0.29) is 23.3 Å². The number of amides is 2. The molecule has 3 aromatic rings. The maximum atomic E-state index is 13.2. The monoisotopic (exact) mass is 477 g/mol. The summed E-state index contributed by atoms with van der Waals surface area (Å²) in [5, 5.41) is 17.9. The van der Waals surface area contributed by atoms with Crippen LogP contribution < -0.4 is 10.6 Å². The van der Waals surface area contributed by atoms with Crippen molar-refractivity contribution in [1.82, 2.24) is 30.4 Å². The molecule has 35 heavy (non-hydrogen) atoms. The molecule has 2 amide bonds. The summed E-state index contributed by atoms with van der Waals surface area (Å²) in [7, 11) is 1.79. The molecule has 1 saturated heterocycles. The summed E-state index contributed by atoms with van der Waals surface area (Å²) in [4.78, 5) is 15.4. The van der Waals surface area contributed by atoms with Gasteiger partial charge in [-0.1, -0.05) is 37.1 Å². The predicted molar refractivity (Wildman–Crippen MR) is 132 cm³/mol. The Morgan fingerprint density at radius 2 is 1.91 bits per heavy atom. The summed E-state index contributed by atoms with van der Waals surface area (Å²) in [6, 6.07) is 14.3. The molecule has 0 radical (unpaired) electrons. The first-order valence-electron chi connectivity index (χ1n) is 12.4. The van der Waals surface area contributed by atoms with Crippen molar-refractivity contribution >= 4 is 11.7 Å². The van der Waals surface area contributed by atoms with Crippen molar-refractivity contribution in [2.45, 2.75) is 51.1 Å². The van der Waals surface area contributed by atoms with E-state index in [1.165, 1.54) is 18.6 Å². The van der Waals surface area contributed by atoms with Crippen LogP contribution in [0.5, 0.6) is 0 Å². The Balaban J connectivity index is 1.20. The van der Waals surface area contributed by atoms with Crippen molar-refractivity contribution in [1.29, 1.82) is 0 Å². The molecule has 1 spiro atoms. The number of piperidine rings is 1. The second-order valence-corrected chi connectivity index (χ2v) is 9.87.